The molecular weight excluding hydrogens is 450 g/mol. The number of nitrogens with one attached hydrogen (secondary N) is 1. The molecule has 0 spiro atoms. The SMILES string of the molecule is CCOC(=O)c1ccccc1NC(=O)CC1SC(=Nc2ccccc2)N(c2ccccc2)C1=O. The van der Waals surface area contributed by atoms with Crippen LogP contribution in [0.3, 0.4) is 0 Å². The Bertz CT molecular complexity index is 1210. The molecule has 0 saturated carbocycles. The number of carbonyl (C=O) groups is 3. The van der Waals surface area contributed by atoms with Crippen molar-refractivity contribution in [1.82, 2.24) is 0 Å². The normalized spacial score (nSPS) is 16.5. The molecule has 4 rings (SSSR count). The fraction of sp³-hybridized carbons (Fsp3) is 0.154. The molecule has 2 amide bonds. The summed E-state index contributed by atoms with van der Waals surface area (Å²) in [6.45, 7) is 1.95. The summed E-state index contributed by atoms with van der Waals surface area (Å²) in [4.78, 5) is 44.6. The molecule has 8 heteroatoms. The van der Waals surface area contributed by atoms with E-state index in [-0.39, 0.29) is 30.4 Å². The highest BCUT2D eigenvalue weighted by molar-refractivity contribution is 8.16. The van der Waals surface area contributed by atoms with E-state index in [2.05, 4.69) is 10.3 Å². The molecule has 1 atom stereocenters. The Hall–Kier alpha value is -3.91. The van der Waals surface area contributed by atoms with Crippen LogP contribution >= 0.6 is 11.8 Å². The van der Waals surface area contributed by atoms with Crippen LogP contribution in [0.25, 0.3) is 0 Å². The molecule has 1 aliphatic heterocycles. The van der Waals surface area contributed by atoms with Crippen LogP contribution in [0.5, 0.6) is 0 Å². The second-order valence-corrected chi connectivity index (χ2v) is 8.53. The van der Waals surface area contributed by atoms with E-state index in [4.69, 9.17) is 4.74 Å². The molecule has 0 aromatic heterocycles. The second kappa shape index (κ2) is 10.8. The van der Waals surface area contributed by atoms with Crippen molar-refractivity contribution in [3.8, 4) is 0 Å². The van der Waals surface area contributed by atoms with Crippen LogP contribution in [0.4, 0.5) is 17.1 Å². The van der Waals surface area contributed by atoms with Gasteiger partial charge in [-0.2, -0.15) is 0 Å². The third-order valence-electron chi connectivity index (χ3n) is 5.00. The molecular formula is C26H23N3O4S. The van der Waals surface area contributed by atoms with Gasteiger partial charge in [-0.25, -0.2) is 9.79 Å². The number of benzene rings is 3. The third-order valence-corrected chi connectivity index (χ3v) is 6.13. The average Bonchev–Trinajstić information content (AvgIpc) is 3.14. The van der Waals surface area contributed by atoms with Crippen molar-refractivity contribution in [2.24, 2.45) is 4.99 Å². The number of hydrogen-bond donors (Lipinski definition) is 1. The Kier molecular flexibility index (Phi) is 7.39. The molecule has 172 valence electrons. The van der Waals surface area contributed by atoms with Crippen molar-refractivity contribution in [2.75, 3.05) is 16.8 Å². The topological polar surface area (TPSA) is 88.1 Å². The van der Waals surface area contributed by atoms with E-state index in [1.165, 1.54) is 11.8 Å². The zero-order chi connectivity index (χ0) is 23.9. The molecule has 1 aliphatic rings. The van der Waals surface area contributed by atoms with Crippen molar-refractivity contribution < 1.29 is 19.1 Å². The minimum absolute atomic E-state index is 0.0716. The molecule has 1 unspecified atom stereocenters. The minimum atomic E-state index is -0.655. The highest BCUT2D eigenvalue weighted by Gasteiger charge is 2.40. The number of aliphatic imine (C=N–C) groups is 1. The van der Waals surface area contributed by atoms with Gasteiger partial charge in [0.2, 0.25) is 11.8 Å². The van der Waals surface area contributed by atoms with E-state index in [1.54, 1.807) is 36.1 Å². The maximum atomic E-state index is 13.3. The lowest BCUT2D eigenvalue weighted by molar-refractivity contribution is -0.121. The Labute approximate surface area is 201 Å². The van der Waals surface area contributed by atoms with Crippen molar-refractivity contribution in [1.29, 1.82) is 0 Å². The van der Waals surface area contributed by atoms with E-state index in [1.807, 2.05) is 60.7 Å². The second-order valence-electron chi connectivity index (χ2n) is 7.36. The predicted octanol–water partition coefficient (Wildman–Crippen LogP) is 5.03. The average molecular weight is 474 g/mol. The molecule has 0 aliphatic carbocycles. The summed E-state index contributed by atoms with van der Waals surface area (Å²) in [5.41, 5.74) is 2.01. The molecule has 1 saturated heterocycles. The summed E-state index contributed by atoms with van der Waals surface area (Å²) in [7, 11) is 0. The summed E-state index contributed by atoms with van der Waals surface area (Å²) in [5.74, 6) is -1.12. The van der Waals surface area contributed by atoms with Gasteiger partial charge in [-0.3, -0.25) is 14.5 Å². The van der Waals surface area contributed by atoms with E-state index in [9.17, 15) is 14.4 Å². The van der Waals surface area contributed by atoms with Gasteiger partial charge in [0.15, 0.2) is 5.17 Å². The summed E-state index contributed by atoms with van der Waals surface area (Å²) in [5, 5.41) is 2.60. The summed E-state index contributed by atoms with van der Waals surface area (Å²) in [6.07, 6.45) is -0.0716. The first-order chi connectivity index (χ1) is 16.6. The van der Waals surface area contributed by atoms with E-state index < -0.39 is 11.2 Å². The number of esters is 1. The molecule has 3 aromatic rings. The number of nitrogens with zero attached hydrogens (tertiary/aromatic N) is 2. The van der Waals surface area contributed by atoms with Crippen molar-refractivity contribution in [3.63, 3.8) is 0 Å². The number of thioether (sulfide) groups is 1. The Balaban J connectivity index is 1.55. The van der Waals surface area contributed by atoms with Gasteiger partial charge >= 0.3 is 5.97 Å². The highest BCUT2D eigenvalue weighted by atomic mass is 32.2. The number of para-hydroxylation sites is 3. The van der Waals surface area contributed by atoms with Gasteiger partial charge in [0, 0.05) is 6.42 Å². The monoisotopic (exact) mass is 473 g/mol. The van der Waals surface area contributed by atoms with Crippen LogP contribution in [-0.4, -0.2) is 34.8 Å². The predicted molar refractivity (Wildman–Crippen MR) is 134 cm³/mol. The van der Waals surface area contributed by atoms with Crippen LogP contribution < -0.4 is 10.2 Å². The molecule has 1 heterocycles. The number of rotatable bonds is 7. The Morgan fingerprint density at radius 2 is 1.62 bits per heavy atom. The van der Waals surface area contributed by atoms with Gasteiger partial charge in [-0.1, -0.05) is 60.3 Å². The van der Waals surface area contributed by atoms with Gasteiger partial charge in [0.05, 0.1) is 29.2 Å². The third kappa shape index (κ3) is 5.35. The highest BCUT2D eigenvalue weighted by Crippen LogP contribution is 2.35. The number of anilines is 2. The van der Waals surface area contributed by atoms with Crippen molar-refractivity contribution in [3.05, 3.63) is 90.5 Å². The maximum Gasteiger partial charge on any atom is 0.340 e. The first-order valence-electron chi connectivity index (χ1n) is 10.8. The number of amides is 2. The number of amidine groups is 1. The van der Waals surface area contributed by atoms with E-state index >= 15 is 0 Å². The maximum absolute atomic E-state index is 13.3. The number of hydrogen-bond acceptors (Lipinski definition) is 6. The molecule has 1 N–H and O–H groups in total. The fourth-order valence-corrected chi connectivity index (χ4v) is 4.60. The smallest absolute Gasteiger partial charge is 0.340 e. The summed E-state index contributed by atoms with van der Waals surface area (Å²) < 4.78 is 5.06. The molecule has 0 radical (unpaired) electrons. The largest absolute Gasteiger partial charge is 0.462 e. The van der Waals surface area contributed by atoms with Gasteiger partial charge < -0.3 is 10.1 Å². The van der Waals surface area contributed by atoms with Crippen LogP contribution in [0.1, 0.15) is 23.7 Å². The van der Waals surface area contributed by atoms with Crippen molar-refractivity contribution in [2.45, 2.75) is 18.6 Å². The van der Waals surface area contributed by atoms with Crippen LogP contribution in [0, 0.1) is 0 Å². The molecule has 0 bridgehead atoms. The molecule has 7 nitrogen and oxygen atoms in total. The lowest BCUT2D eigenvalue weighted by Crippen LogP contribution is -2.33. The summed E-state index contributed by atoms with van der Waals surface area (Å²) >= 11 is 1.25. The lowest BCUT2D eigenvalue weighted by atomic mass is 10.1. The quantitative estimate of drug-likeness (QED) is 0.487. The van der Waals surface area contributed by atoms with E-state index in [0.717, 1.165) is 0 Å². The molecule has 3 aromatic carbocycles. The van der Waals surface area contributed by atoms with Gasteiger partial charge in [-0.15, -0.1) is 0 Å². The number of carbonyl (C=O) groups excluding carboxylic acids is 3. The zero-order valence-corrected chi connectivity index (χ0v) is 19.3. The Morgan fingerprint density at radius 1 is 0.971 bits per heavy atom. The lowest BCUT2D eigenvalue weighted by Gasteiger charge is -2.16. The van der Waals surface area contributed by atoms with Crippen molar-refractivity contribution >= 4 is 51.8 Å². The van der Waals surface area contributed by atoms with Crippen LogP contribution in [-0.2, 0) is 14.3 Å². The van der Waals surface area contributed by atoms with Crippen LogP contribution in [0.15, 0.2) is 89.9 Å². The van der Waals surface area contributed by atoms with Crippen LogP contribution in [0.2, 0.25) is 0 Å². The standard InChI is InChI=1S/C26H23N3O4S/c1-2-33-25(32)20-15-9-10-16-21(20)28-23(30)17-22-24(31)29(19-13-7-4-8-14-19)26(34-22)27-18-11-5-3-6-12-18/h3-16,22H,2,17H2,1H3,(H,28,30). The fourth-order valence-electron chi connectivity index (χ4n) is 3.45. The van der Waals surface area contributed by atoms with Gasteiger partial charge in [0.1, 0.15) is 5.25 Å². The number of ether oxygens (including phenoxy) is 1. The minimum Gasteiger partial charge on any atom is -0.462 e. The zero-order valence-electron chi connectivity index (χ0n) is 18.5. The van der Waals surface area contributed by atoms with Gasteiger partial charge in [0.25, 0.3) is 0 Å². The van der Waals surface area contributed by atoms with Gasteiger partial charge in [-0.05, 0) is 43.3 Å². The summed E-state index contributed by atoms with van der Waals surface area (Å²) in [6, 6.07) is 25.2. The van der Waals surface area contributed by atoms with E-state index in [0.29, 0.717) is 22.2 Å². The Morgan fingerprint density at radius 3 is 2.32 bits per heavy atom. The first-order valence-corrected chi connectivity index (χ1v) is 11.7. The molecule has 34 heavy (non-hydrogen) atoms. The first kappa shape index (κ1) is 23.3. The molecule has 1 fully saturated rings.